The Kier molecular flexibility index (Phi) is 3.49. The highest BCUT2D eigenvalue weighted by Gasteiger charge is 2.32. The van der Waals surface area contributed by atoms with Crippen LogP contribution in [-0.4, -0.2) is 40.5 Å². The van der Waals surface area contributed by atoms with Crippen molar-refractivity contribution in [3.05, 3.63) is 27.8 Å². The number of Topliss-reactive ketones (excluding diaryl/α,β-unsaturated/α-hetero) is 1. The maximum Gasteiger partial charge on any atom is 0.227 e. The van der Waals surface area contributed by atoms with E-state index < -0.39 is 23.6 Å². The van der Waals surface area contributed by atoms with Gasteiger partial charge in [0.15, 0.2) is 0 Å². The molecular formula is C12H15NO5. The first-order chi connectivity index (χ1) is 8.54. The summed E-state index contributed by atoms with van der Waals surface area (Å²) in [4.78, 5) is 25.5. The molecule has 0 saturated carbocycles. The van der Waals surface area contributed by atoms with Crippen molar-refractivity contribution in [2.24, 2.45) is 0 Å². The van der Waals surface area contributed by atoms with E-state index in [2.05, 4.69) is 0 Å². The first-order valence-corrected chi connectivity index (χ1v) is 5.76. The number of carbonyl (C=O) groups is 1. The fourth-order valence-electron chi connectivity index (χ4n) is 2.17. The van der Waals surface area contributed by atoms with Crippen LogP contribution in [0, 0.1) is 0 Å². The maximum atomic E-state index is 12.2. The van der Waals surface area contributed by atoms with Gasteiger partial charge >= 0.3 is 0 Å². The molecule has 1 fully saturated rings. The highest BCUT2D eigenvalue weighted by molar-refractivity contribution is 5.99. The summed E-state index contributed by atoms with van der Waals surface area (Å²) in [7, 11) is 1.81. The highest BCUT2D eigenvalue weighted by Crippen LogP contribution is 2.23. The van der Waals surface area contributed by atoms with Crippen LogP contribution in [0.2, 0.25) is 0 Å². The van der Waals surface area contributed by atoms with Gasteiger partial charge in [-0.25, -0.2) is 0 Å². The Morgan fingerprint density at radius 1 is 1.61 bits per heavy atom. The summed E-state index contributed by atoms with van der Waals surface area (Å²) in [6.45, 7) is 0.303. The summed E-state index contributed by atoms with van der Waals surface area (Å²) in [5.74, 6) is -1.48. The fourth-order valence-corrected chi connectivity index (χ4v) is 2.17. The SMILES string of the molecule is CN1CCCC1C(=O)c1oc(CO)cc(=O)c1O. The molecule has 0 radical (unpaired) electrons. The molecule has 18 heavy (non-hydrogen) atoms. The van der Waals surface area contributed by atoms with E-state index in [0.717, 1.165) is 19.0 Å². The lowest BCUT2D eigenvalue weighted by Gasteiger charge is -2.17. The van der Waals surface area contributed by atoms with E-state index in [0.29, 0.717) is 6.42 Å². The summed E-state index contributed by atoms with van der Waals surface area (Å²) in [5.41, 5.74) is -0.714. The Balaban J connectivity index is 2.41. The average Bonchev–Trinajstić information content (AvgIpc) is 2.78. The summed E-state index contributed by atoms with van der Waals surface area (Å²) in [5, 5.41) is 18.5. The smallest absolute Gasteiger partial charge is 0.227 e. The zero-order valence-electron chi connectivity index (χ0n) is 10.0. The van der Waals surface area contributed by atoms with Gasteiger partial charge in [0.25, 0.3) is 0 Å². The molecule has 1 unspecified atom stereocenters. The van der Waals surface area contributed by atoms with Gasteiger partial charge in [-0.05, 0) is 26.4 Å². The molecule has 0 spiro atoms. The molecule has 1 aliphatic rings. The lowest BCUT2D eigenvalue weighted by molar-refractivity contribution is 0.0847. The average molecular weight is 253 g/mol. The molecule has 2 heterocycles. The number of hydrogen-bond acceptors (Lipinski definition) is 6. The Morgan fingerprint density at radius 3 is 2.89 bits per heavy atom. The van der Waals surface area contributed by atoms with Crippen LogP contribution in [0.4, 0.5) is 0 Å². The lowest BCUT2D eigenvalue weighted by Crippen LogP contribution is -2.33. The number of nitrogens with zero attached hydrogens (tertiary/aromatic N) is 1. The number of aliphatic hydroxyl groups is 1. The van der Waals surface area contributed by atoms with Crippen molar-refractivity contribution in [1.82, 2.24) is 4.90 Å². The number of carbonyl (C=O) groups excluding carboxylic acids is 1. The topological polar surface area (TPSA) is 91.0 Å². The van der Waals surface area contributed by atoms with Gasteiger partial charge in [-0.3, -0.25) is 14.5 Å². The van der Waals surface area contributed by atoms with E-state index in [9.17, 15) is 14.7 Å². The first-order valence-electron chi connectivity index (χ1n) is 5.76. The standard InChI is InChI=1S/C12H15NO5/c1-13-4-2-3-8(13)10(16)12-11(17)9(15)5-7(6-14)18-12/h5,8,14,17H,2-4,6H2,1H3. The molecule has 98 valence electrons. The molecule has 2 rings (SSSR count). The monoisotopic (exact) mass is 253 g/mol. The summed E-state index contributed by atoms with van der Waals surface area (Å²) in [6.07, 6.45) is 1.55. The quantitative estimate of drug-likeness (QED) is 0.743. The second-order valence-electron chi connectivity index (χ2n) is 4.42. The molecular weight excluding hydrogens is 238 g/mol. The van der Waals surface area contributed by atoms with Crippen LogP contribution in [0.5, 0.6) is 5.75 Å². The Morgan fingerprint density at radius 2 is 2.33 bits per heavy atom. The molecule has 0 aromatic carbocycles. The zero-order valence-corrected chi connectivity index (χ0v) is 10.0. The maximum absolute atomic E-state index is 12.2. The van der Waals surface area contributed by atoms with E-state index in [1.807, 2.05) is 4.90 Å². The Bertz CT molecular complexity index is 522. The third kappa shape index (κ3) is 2.16. The van der Waals surface area contributed by atoms with Gasteiger partial charge in [0.2, 0.25) is 22.7 Å². The second kappa shape index (κ2) is 4.91. The van der Waals surface area contributed by atoms with Gasteiger partial charge in [-0.15, -0.1) is 0 Å². The van der Waals surface area contributed by atoms with E-state index in [1.54, 1.807) is 7.05 Å². The highest BCUT2D eigenvalue weighted by atomic mass is 16.4. The zero-order chi connectivity index (χ0) is 13.3. The Hall–Kier alpha value is -1.66. The molecule has 0 aliphatic carbocycles. The van der Waals surface area contributed by atoms with Crippen molar-refractivity contribution in [2.45, 2.75) is 25.5 Å². The molecule has 6 nitrogen and oxygen atoms in total. The third-order valence-electron chi connectivity index (χ3n) is 3.18. The van der Waals surface area contributed by atoms with Gasteiger partial charge in [0.1, 0.15) is 12.4 Å². The molecule has 6 heteroatoms. The number of likely N-dealkylation sites (tertiary alicyclic amines) is 1. The van der Waals surface area contributed by atoms with Crippen LogP contribution in [0.1, 0.15) is 29.2 Å². The minimum Gasteiger partial charge on any atom is -0.501 e. The summed E-state index contributed by atoms with van der Waals surface area (Å²) < 4.78 is 5.08. The number of rotatable bonds is 3. The van der Waals surface area contributed by atoms with Crippen molar-refractivity contribution < 1.29 is 19.4 Å². The van der Waals surface area contributed by atoms with E-state index >= 15 is 0 Å². The number of aliphatic hydroxyl groups excluding tert-OH is 1. The number of likely N-dealkylation sites (N-methyl/N-ethyl adjacent to an activating group) is 1. The minimum absolute atomic E-state index is 0.0261. The molecule has 1 aromatic rings. The number of ketones is 1. The van der Waals surface area contributed by atoms with Crippen molar-refractivity contribution in [2.75, 3.05) is 13.6 Å². The van der Waals surface area contributed by atoms with Gasteiger partial charge in [-0.1, -0.05) is 0 Å². The normalized spacial score (nSPS) is 20.2. The lowest BCUT2D eigenvalue weighted by atomic mass is 10.1. The van der Waals surface area contributed by atoms with Crippen LogP contribution in [0.25, 0.3) is 0 Å². The first kappa shape index (κ1) is 12.8. The predicted octanol–water partition coefficient (Wildman–Crippen LogP) is 0.115. The van der Waals surface area contributed by atoms with Crippen LogP contribution >= 0.6 is 0 Å². The molecule has 2 N–H and O–H groups in total. The van der Waals surface area contributed by atoms with Crippen molar-refractivity contribution >= 4 is 5.78 Å². The van der Waals surface area contributed by atoms with Crippen molar-refractivity contribution in [1.29, 1.82) is 0 Å². The van der Waals surface area contributed by atoms with Crippen LogP contribution in [0.3, 0.4) is 0 Å². The van der Waals surface area contributed by atoms with Crippen LogP contribution in [0.15, 0.2) is 15.3 Å². The Labute approximate surface area is 103 Å². The molecule has 0 bridgehead atoms. The van der Waals surface area contributed by atoms with E-state index in [1.165, 1.54) is 0 Å². The van der Waals surface area contributed by atoms with E-state index in [-0.39, 0.29) is 17.6 Å². The molecule has 1 aliphatic heterocycles. The fraction of sp³-hybridized carbons (Fsp3) is 0.500. The molecule has 0 amide bonds. The van der Waals surface area contributed by atoms with Crippen molar-refractivity contribution in [3.63, 3.8) is 0 Å². The van der Waals surface area contributed by atoms with Crippen LogP contribution in [-0.2, 0) is 6.61 Å². The second-order valence-corrected chi connectivity index (χ2v) is 4.42. The van der Waals surface area contributed by atoms with Gasteiger partial charge in [-0.2, -0.15) is 0 Å². The predicted molar refractivity (Wildman–Crippen MR) is 62.5 cm³/mol. The largest absolute Gasteiger partial charge is 0.501 e. The summed E-state index contributed by atoms with van der Waals surface area (Å²) in [6, 6.07) is 0.595. The molecule has 1 aromatic heterocycles. The number of hydrogen-bond donors (Lipinski definition) is 2. The van der Waals surface area contributed by atoms with Crippen molar-refractivity contribution in [3.8, 4) is 5.75 Å². The molecule has 1 saturated heterocycles. The van der Waals surface area contributed by atoms with Gasteiger partial charge in [0.05, 0.1) is 6.04 Å². The van der Waals surface area contributed by atoms with Crippen LogP contribution < -0.4 is 5.43 Å². The third-order valence-corrected chi connectivity index (χ3v) is 3.18. The minimum atomic E-state index is -0.714. The molecule has 1 atom stereocenters. The van der Waals surface area contributed by atoms with Gasteiger partial charge < -0.3 is 14.6 Å². The van der Waals surface area contributed by atoms with E-state index in [4.69, 9.17) is 9.52 Å². The summed E-state index contributed by atoms with van der Waals surface area (Å²) >= 11 is 0. The van der Waals surface area contributed by atoms with Gasteiger partial charge in [0, 0.05) is 6.07 Å². The number of aromatic hydroxyl groups is 1.